The fourth-order valence-corrected chi connectivity index (χ4v) is 1.25. The highest BCUT2D eigenvalue weighted by Crippen LogP contribution is 2.15. The topological polar surface area (TPSA) is 53.6 Å². The lowest BCUT2D eigenvalue weighted by molar-refractivity contribution is 0.624. The largest absolute Gasteiger partial charge is 0.362 e. The maximum atomic E-state index is 13.2. The van der Waals surface area contributed by atoms with Crippen molar-refractivity contribution in [3.8, 4) is 0 Å². The highest BCUT2D eigenvalue weighted by atomic mass is 35.5. The quantitative estimate of drug-likeness (QED) is 0.844. The molecule has 0 saturated carbocycles. The third-order valence-electron chi connectivity index (χ3n) is 1.81. The molecule has 0 fully saturated rings. The van der Waals surface area contributed by atoms with Gasteiger partial charge in [0.05, 0.1) is 17.3 Å². The Kier molecular flexibility index (Phi) is 2.82. The van der Waals surface area contributed by atoms with Crippen molar-refractivity contribution < 1.29 is 4.39 Å². The zero-order valence-corrected chi connectivity index (χ0v) is 8.42. The van der Waals surface area contributed by atoms with Crippen LogP contribution in [0.25, 0.3) is 0 Å². The second kappa shape index (κ2) is 4.27. The first-order valence-electron chi connectivity index (χ1n) is 4.29. The number of hydrogen-bond donors (Lipinski definition) is 2. The molecular formula is C9H8ClFN4. The van der Waals surface area contributed by atoms with E-state index in [4.69, 9.17) is 11.6 Å². The third-order valence-corrected chi connectivity index (χ3v) is 2.02. The Balaban J connectivity index is 2.05. The van der Waals surface area contributed by atoms with Crippen LogP contribution in [-0.2, 0) is 6.54 Å². The number of H-pyrrole nitrogens is 1. The molecule has 2 heterocycles. The van der Waals surface area contributed by atoms with Gasteiger partial charge in [0.15, 0.2) is 11.6 Å². The lowest BCUT2D eigenvalue weighted by Crippen LogP contribution is -2.03. The van der Waals surface area contributed by atoms with Crippen molar-refractivity contribution >= 4 is 17.4 Å². The van der Waals surface area contributed by atoms with Gasteiger partial charge >= 0.3 is 0 Å². The Hall–Kier alpha value is -1.62. The molecule has 2 rings (SSSR count). The summed E-state index contributed by atoms with van der Waals surface area (Å²) in [7, 11) is 0. The standard InChI is InChI=1S/C9H8ClFN4/c10-6-3-8(11)9(12-4-6)13-5-7-1-2-14-15-7/h1-4H,5H2,(H,12,13)(H,14,15). The normalized spacial score (nSPS) is 10.3. The molecule has 2 N–H and O–H groups in total. The first-order valence-corrected chi connectivity index (χ1v) is 4.66. The summed E-state index contributed by atoms with van der Waals surface area (Å²) < 4.78 is 13.2. The van der Waals surface area contributed by atoms with E-state index in [1.165, 1.54) is 12.3 Å². The van der Waals surface area contributed by atoms with Crippen molar-refractivity contribution in [2.45, 2.75) is 6.54 Å². The van der Waals surface area contributed by atoms with Crippen molar-refractivity contribution in [3.63, 3.8) is 0 Å². The third kappa shape index (κ3) is 2.44. The molecule has 4 nitrogen and oxygen atoms in total. The maximum Gasteiger partial charge on any atom is 0.166 e. The van der Waals surface area contributed by atoms with Crippen LogP contribution in [0.1, 0.15) is 5.69 Å². The van der Waals surface area contributed by atoms with Crippen LogP contribution in [0, 0.1) is 5.82 Å². The van der Waals surface area contributed by atoms with Gasteiger partial charge in [-0.1, -0.05) is 11.6 Å². The molecule has 2 aromatic rings. The predicted molar refractivity (Wildman–Crippen MR) is 55.1 cm³/mol. The summed E-state index contributed by atoms with van der Waals surface area (Å²) in [5.41, 5.74) is 0.853. The summed E-state index contributed by atoms with van der Waals surface area (Å²) in [6.45, 7) is 0.436. The van der Waals surface area contributed by atoms with Crippen molar-refractivity contribution in [1.29, 1.82) is 0 Å². The van der Waals surface area contributed by atoms with Crippen molar-refractivity contribution in [2.75, 3.05) is 5.32 Å². The molecule has 0 amide bonds. The van der Waals surface area contributed by atoms with Crippen molar-refractivity contribution in [2.24, 2.45) is 0 Å². The number of halogens is 2. The zero-order chi connectivity index (χ0) is 10.7. The van der Waals surface area contributed by atoms with Gasteiger partial charge in [0.2, 0.25) is 0 Å². The molecule has 0 saturated heterocycles. The van der Waals surface area contributed by atoms with E-state index in [2.05, 4.69) is 20.5 Å². The molecule has 15 heavy (non-hydrogen) atoms. The molecule has 0 spiro atoms. The van der Waals surface area contributed by atoms with Gasteiger partial charge in [0.1, 0.15) is 0 Å². The van der Waals surface area contributed by atoms with Crippen LogP contribution in [0.2, 0.25) is 5.02 Å². The SMILES string of the molecule is Fc1cc(Cl)cnc1NCc1ccn[nH]1. The molecule has 0 aliphatic heterocycles. The Morgan fingerprint density at radius 1 is 1.53 bits per heavy atom. The molecular weight excluding hydrogens is 219 g/mol. The van der Waals surface area contributed by atoms with Gasteiger partial charge in [0.25, 0.3) is 0 Å². The van der Waals surface area contributed by atoms with E-state index >= 15 is 0 Å². The van der Waals surface area contributed by atoms with Crippen molar-refractivity contribution in [3.05, 3.63) is 41.1 Å². The second-order valence-electron chi connectivity index (χ2n) is 2.92. The van der Waals surface area contributed by atoms with Gasteiger partial charge in [-0.2, -0.15) is 5.10 Å². The van der Waals surface area contributed by atoms with Gasteiger partial charge < -0.3 is 5.32 Å². The monoisotopic (exact) mass is 226 g/mol. The number of nitrogens with one attached hydrogen (secondary N) is 2. The van der Waals surface area contributed by atoms with E-state index in [9.17, 15) is 4.39 Å². The minimum absolute atomic E-state index is 0.175. The van der Waals surface area contributed by atoms with E-state index in [0.717, 1.165) is 5.69 Å². The van der Waals surface area contributed by atoms with E-state index in [1.807, 2.05) is 0 Å². The van der Waals surface area contributed by atoms with E-state index in [1.54, 1.807) is 12.3 Å². The molecule has 0 unspecified atom stereocenters. The van der Waals surface area contributed by atoms with Gasteiger partial charge in [-0.05, 0) is 12.1 Å². The molecule has 2 aromatic heterocycles. The minimum Gasteiger partial charge on any atom is -0.362 e. The van der Waals surface area contributed by atoms with Gasteiger partial charge in [-0.25, -0.2) is 9.37 Å². The predicted octanol–water partition coefficient (Wildman–Crippen LogP) is 2.21. The summed E-state index contributed by atoms with van der Waals surface area (Å²) in [4.78, 5) is 3.82. The lowest BCUT2D eigenvalue weighted by atomic mass is 10.4. The number of pyridine rings is 1. The molecule has 6 heteroatoms. The Labute approximate surface area is 90.5 Å². The molecule has 0 aliphatic carbocycles. The van der Waals surface area contributed by atoms with Gasteiger partial charge in [-0.15, -0.1) is 0 Å². The molecule has 0 bridgehead atoms. The van der Waals surface area contributed by atoms with Gasteiger partial charge in [-0.3, -0.25) is 5.10 Å². The minimum atomic E-state index is -0.470. The number of aromatic amines is 1. The number of nitrogens with zero attached hydrogens (tertiary/aromatic N) is 2. The number of hydrogen-bond acceptors (Lipinski definition) is 3. The summed E-state index contributed by atoms with van der Waals surface area (Å²) in [6, 6.07) is 3.00. The van der Waals surface area contributed by atoms with Crippen LogP contribution in [0.5, 0.6) is 0 Å². The zero-order valence-electron chi connectivity index (χ0n) is 7.67. The highest BCUT2D eigenvalue weighted by Gasteiger charge is 2.04. The smallest absolute Gasteiger partial charge is 0.166 e. The lowest BCUT2D eigenvalue weighted by Gasteiger charge is -2.04. The van der Waals surface area contributed by atoms with Crippen LogP contribution in [-0.4, -0.2) is 15.2 Å². The second-order valence-corrected chi connectivity index (χ2v) is 3.36. The van der Waals surface area contributed by atoms with Crippen LogP contribution >= 0.6 is 11.6 Å². The summed E-state index contributed by atoms with van der Waals surface area (Å²) in [6.07, 6.45) is 3.02. The van der Waals surface area contributed by atoms with Crippen LogP contribution in [0.3, 0.4) is 0 Å². The van der Waals surface area contributed by atoms with Gasteiger partial charge in [0, 0.05) is 12.4 Å². The van der Waals surface area contributed by atoms with Crippen molar-refractivity contribution in [1.82, 2.24) is 15.2 Å². The van der Waals surface area contributed by atoms with E-state index in [0.29, 0.717) is 6.54 Å². The number of rotatable bonds is 3. The number of anilines is 1. The summed E-state index contributed by atoms with van der Waals surface area (Å²) in [5, 5.41) is 9.62. The van der Waals surface area contributed by atoms with Crippen LogP contribution in [0.15, 0.2) is 24.5 Å². The van der Waals surface area contributed by atoms with Crippen LogP contribution in [0.4, 0.5) is 10.2 Å². The first kappa shape index (κ1) is 9.92. The number of aromatic nitrogens is 3. The van der Waals surface area contributed by atoms with E-state index in [-0.39, 0.29) is 10.8 Å². The first-order chi connectivity index (χ1) is 7.25. The highest BCUT2D eigenvalue weighted by molar-refractivity contribution is 6.30. The van der Waals surface area contributed by atoms with E-state index < -0.39 is 5.82 Å². The average molecular weight is 227 g/mol. The Morgan fingerprint density at radius 3 is 3.07 bits per heavy atom. The summed E-state index contributed by atoms with van der Waals surface area (Å²) >= 11 is 5.57. The molecule has 0 aliphatic rings. The maximum absolute atomic E-state index is 13.2. The molecule has 78 valence electrons. The summed E-state index contributed by atoms with van der Waals surface area (Å²) in [5.74, 6) is -0.295. The average Bonchev–Trinajstić information content (AvgIpc) is 2.69. The molecule has 0 aromatic carbocycles. The van der Waals surface area contributed by atoms with Crippen LogP contribution < -0.4 is 5.32 Å². The Bertz CT molecular complexity index is 443. The Morgan fingerprint density at radius 2 is 2.40 bits per heavy atom. The molecule has 0 radical (unpaired) electrons. The fourth-order valence-electron chi connectivity index (χ4n) is 1.11. The molecule has 0 atom stereocenters. The fraction of sp³-hybridized carbons (Fsp3) is 0.111.